The summed E-state index contributed by atoms with van der Waals surface area (Å²) in [7, 11) is 1.90. The number of benzene rings is 1. The number of hydroxylamine groups is 2. The number of likely N-dealkylation sites (tertiary alicyclic amines) is 1. The summed E-state index contributed by atoms with van der Waals surface area (Å²) in [6, 6.07) is 2.16. The van der Waals surface area contributed by atoms with Crippen molar-refractivity contribution in [3.05, 3.63) is 53.1 Å². The fraction of sp³-hybridized carbons (Fsp3) is 0.607. The Morgan fingerprint density at radius 1 is 1.39 bits per heavy atom. The summed E-state index contributed by atoms with van der Waals surface area (Å²) in [4.78, 5) is 21.9. The number of halogens is 1. The molecule has 0 saturated carbocycles. The van der Waals surface area contributed by atoms with Gasteiger partial charge in [0.05, 0.1) is 12.7 Å². The van der Waals surface area contributed by atoms with Gasteiger partial charge in [-0.05, 0) is 69.6 Å². The van der Waals surface area contributed by atoms with Gasteiger partial charge in [0.1, 0.15) is 29.0 Å². The highest BCUT2D eigenvalue weighted by atomic mass is 19.1. The molecule has 1 fully saturated rings. The maximum atomic E-state index is 14.7. The summed E-state index contributed by atoms with van der Waals surface area (Å²) >= 11 is 0. The number of hydrogen-bond acceptors (Lipinski definition) is 7. The predicted octanol–water partition coefficient (Wildman–Crippen LogP) is 4.50. The molecule has 3 aliphatic rings. The first-order valence-electron chi connectivity index (χ1n) is 13.0. The van der Waals surface area contributed by atoms with Crippen molar-refractivity contribution < 1.29 is 23.5 Å². The molecule has 4 rings (SSSR count). The van der Waals surface area contributed by atoms with Gasteiger partial charge in [0.15, 0.2) is 0 Å². The first-order chi connectivity index (χ1) is 17.1. The molecule has 1 N–H and O–H groups in total. The molecule has 1 saturated heterocycles. The van der Waals surface area contributed by atoms with Crippen molar-refractivity contribution in [2.45, 2.75) is 71.1 Å². The number of rotatable bonds is 7. The van der Waals surface area contributed by atoms with Crippen LogP contribution in [0.15, 0.2) is 36.2 Å². The molecule has 1 aromatic carbocycles. The van der Waals surface area contributed by atoms with Crippen LogP contribution in [0.2, 0.25) is 0 Å². The van der Waals surface area contributed by atoms with Gasteiger partial charge in [0.25, 0.3) is 0 Å². The van der Waals surface area contributed by atoms with Crippen molar-refractivity contribution in [3.8, 4) is 5.75 Å². The second-order valence-electron chi connectivity index (χ2n) is 11.1. The van der Waals surface area contributed by atoms with E-state index < -0.39 is 17.5 Å². The van der Waals surface area contributed by atoms with Crippen molar-refractivity contribution in [2.24, 2.45) is 5.92 Å². The summed E-state index contributed by atoms with van der Waals surface area (Å²) in [6.07, 6.45) is 5.24. The molecule has 1 aromatic rings. The molecule has 3 aliphatic heterocycles. The quantitative estimate of drug-likeness (QED) is 0.436. The van der Waals surface area contributed by atoms with Gasteiger partial charge in [0.2, 0.25) is 0 Å². The number of nitrogens with one attached hydrogen (secondary N) is 1. The van der Waals surface area contributed by atoms with E-state index >= 15 is 0 Å². The van der Waals surface area contributed by atoms with E-state index in [1.807, 2.05) is 33.9 Å². The maximum Gasteiger partial charge on any atom is 0.328 e. The van der Waals surface area contributed by atoms with Crippen LogP contribution >= 0.6 is 0 Å². The van der Waals surface area contributed by atoms with Crippen LogP contribution in [0.5, 0.6) is 5.75 Å². The molecule has 3 heterocycles. The van der Waals surface area contributed by atoms with Crippen molar-refractivity contribution >= 4 is 5.97 Å². The molecule has 36 heavy (non-hydrogen) atoms. The van der Waals surface area contributed by atoms with Crippen molar-refractivity contribution in [1.82, 2.24) is 15.3 Å². The molecule has 198 valence electrons. The number of fused-ring (bicyclic) bond motifs is 1. The number of hydrogen-bond donors (Lipinski definition) is 1. The third-order valence-electron chi connectivity index (χ3n) is 6.84. The molecule has 0 amide bonds. The molecule has 0 aliphatic carbocycles. The Labute approximate surface area is 214 Å². The van der Waals surface area contributed by atoms with E-state index in [0.717, 1.165) is 49.2 Å². The molecule has 2 unspecified atom stereocenters. The molecule has 0 radical (unpaired) electrons. The lowest BCUT2D eigenvalue weighted by atomic mass is 9.90. The van der Waals surface area contributed by atoms with Crippen LogP contribution in [-0.2, 0) is 20.8 Å². The van der Waals surface area contributed by atoms with Crippen molar-refractivity contribution in [3.63, 3.8) is 0 Å². The molecule has 0 bridgehead atoms. The summed E-state index contributed by atoms with van der Waals surface area (Å²) in [6.45, 7) is 14.2. The van der Waals surface area contributed by atoms with Gasteiger partial charge in [-0.1, -0.05) is 19.6 Å². The molecule has 0 aromatic heterocycles. The highest BCUT2D eigenvalue weighted by Gasteiger charge is 2.40. The van der Waals surface area contributed by atoms with Gasteiger partial charge in [-0.2, -0.15) is 0 Å². The van der Waals surface area contributed by atoms with E-state index in [9.17, 15) is 9.18 Å². The summed E-state index contributed by atoms with van der Waals surface area (Å²) in [5, 5.41) is 5.19. The van der Waals surface area contributed by atoms with Crippen LogP contribution in [0.4, 0.5) is 4.39 Å². The molecule has 3 atom stereocenters. The Kier molecular flexibility index (Phi) is 7.95. The van der Waals surface area contributed by atoms with E-state index in [4.69, 9.17) is 14.3 Å². The smallest absolute Gasteiger partial charge is 0.328 e. The third-order valence-corrected chi connectivity index (χ3v) is 6.84. The number of carbonyl (C=O) groups excluding carboxylic acids is 1. The lowest BCUT2D eigenvalue weighted by Gasteiger charge is -2.34. The average Bonchev–Trinajstić information content (AvgIpc) is 3.26. The Balaban J connectivity index is 1.59. The van der Waals surface area contributed by atoms with Crippen LogP contribution in [0.3, 0.4) is 0 Å². The zero-order valence-electron chi connectivity index (χ0n) is 22.2. The number of nitrogens with zero attached hydrogens (tertiary/aromatic N) is 2. The van der Waals surface area contributed by atoms with Gasteiger partial charge < -0.3 is 14.8 Å². The van der Waals surface area contributed by atoms with Gasteiger partial charge in [-0.15, -0.1) is 0 Å². The minimum atomic E-state index is -0.739. The Morgan fingerprint density at radius 3 is 2.89 bits per heavy atom. The number of ether oxygens (including phenoxy) is 2. The maximum absolute atomic E-state index is 14.7. The van der Waals surface area contributed by atoms with E-state index in [1.165, 1.54) is 12.1 Å². The van der Waals surface area contributed by atoms with Crippen LogP contribution < -0.4 is 10.1 Å². The third kappa shape index (κ3) is 6.03. The first-order valence-corrected chi connectivity index (χ1v) is 13.0. The average molecular weight is 502 g/mol. The summed E-state index contributed by atoms with van der Waals surface area (Å²) in [5.41, 5.74) is 1.98. The highest BCUT2D eigenvalue weighted by molar-refractivity contribution is 5.79. The second kappa shape index (κ2) is 10.8. The fourth-order valence-corrected chi connectivity index (χ4v) is 5.27. The summed E-state index contributed by atoms with van der Waals surface area (Å²) in [5.74, 6) is 0.943. The van der Waals surface area contributed by atoms with Gasteiger partial charge in [-0.25, -0.2) is 14.2 Å². The van der Waals surface area contributed by atoms with Crippen LogP contribution in [0.1, 0.15) is 64.1 Å². The minimum Gasteiger partial charge on any atom is -0.493 e. The van der Waals surface area contributed by atoms with E-state index in [2.05, 4.69) is 23.7 Å². The Hall–Kier alpha value is -2.58. The molecular formula is C28H40FN3O4. The fourth-order valence-electron chi connectivity index (χ4n) is 5.27. The van der Waals surface area contributed by atoms with Crippen molar-refractivity contribution in [1.29, 1.82) is 0 Å². The van der Waals surface area contributed by atoms with E-state index in [0.29, 0.717) is 31.0 Å². The standard InChI is InChI=1S/C28H40FN3O4/c1-7-19-9-8-11-30-26(19)31(6)36-21-10-12-32(16-21)25(27(33)35-28(3,4)5)23-14-20(29)15-24-22(23)13-18(2)17-34-24/h7,14-15,18,21,25,30H,1,8-13,16-17H2,2-6H3/t18?,21-,25?/m1/s1. The molecule has 0 spiro atoms. The number of allylic oxidation sites excluding steroid dienone is 2. The number of carbonyl (C=O) groups is 1. The Bertz CT molecular complexity index is 1020. The van der Waals surface area contributed by atoms with Gasteiger partial charge in [-0.3, -0.25) is 9.74 Å². The second-order valence-corrected chi connectivity index (χ2v) is 11.1. The SMILES string of the molecule is C=CC1=C(N(C)O[C@@H]2CCN(C(C(=O)OC(C)(C)C)c3cc(F)cc4c3CC(C)CO4)C2)NCCC1. The highest BCUT2D eigenvalue weighted by Crippen LogP contribution is 2.39. The topological polar surface area (TPSA) is 63.3 Å². The first kappa shape index (κ1) is 26.5. The lowest BCUT2D eigenvalue weighted by Crippen LogP contribution is -2.40. The predicted molar refractivity (Wildman–Crippen MR) is 137 cm³/mol. The van der Waals surface area contributed by atoms with E-state index in [1.54, 1.807) is 5.06 Å². The molecular weight excluding hydrogens is 461 g/mol. The minimum absolute atomic E-state index is 0.123. The normalized spacial score (nSPS) is 23.4. The number of esters is 1. The van der Waals surface area contributed by atoms with Gasteiger partial charge >= 0.3 is 5.97 Å². The van der Waals surface area contributed by atoms with Gasteiger partial charge in [0, 0.05) is 38.3 Å². The zero-order chi connectivity index (χ0) is 26.0. The Morgan fingerprint density at radius 2 is 2.17 bits per heavy atom. The lowest BCUT2D eigenvalue weighted by molar-refractivity contribution is -0.165. The largest absolute Gasteiger partial charge is 0.493 e. The monoisotopic (exact) mass is 501 g/mol. The van der Waals surface area contributed by atoms with Crippen LogP contribution in [-0.4, -0.2) is 60.9 Å². The molecule has 7 nitrogen and oxygen atoms in total. The molecule has 8 heteroatoms. The van der Waals surface area contributed by atoms with Crippen LogP contribution in [0, 0.1) is 11.7 Å². The van der Waals surface area contributed by atoms with E-state index in [-0.39, 0.29) is 18.0 Å². The summed E-state index contributed by atoms with van der Waals surface area (Å²) < 4.78 is 26.4. The van der Waals surface area contributed by atoms with Crippen molar-refractivity contribution in [2.75, 3.05) is 33.3 Å². The van der Waals surface area contributed by atoms with Crippen LogP contribution in [0.25, 0.3) is 0 Å². The zero-order valence-corrected chi connectivity index (χ0v) is 22.2.